The van der Waals surface area contributed by atoms with Gasteiger partial charge in [-0.1, -0.05) is 0 Å². The van der Waals surface area contributed by atoms with Crippen LogP contribution in [0.3, 0.4) is 0 Å². The SMILES string of the molecule is C[N+](C)(CCCNC(=O)CSCCC(F)(F)C(F)(F)C(F)(F)C(F)(F)C(F)(F)C(F)(F)C(F)(F)C(F)(F)C(F)(F)C(F)(F)C(F)(F)C(F)(F)F)CC(=O)[O-]. The van der Waals surface area contributed by atoms with Crippen molar-refractivity contribution in [3.8, 4) is 0 Å². The molecule has 0 spiro atoms. The van der Waals surface area contributed by atoms with Gasteiger partial charge in [0.15, 0.2) is 0 Å². The molecule has 0 unspecified atom stereocenters. The molecule has 0 aromatic carbocycles. The Kier molecular flexibility index (Phi) is 14.4. The van der Waals surface area contributed by atoms with Crippen LogP contribution in [-0.2, 0) is 9.59 Å². The van der Waals surface area contributed by atoms with Crippen LogP contribution in [0.1, 0.15) is 12.8 Å². The smallest absolute Gasteiger partial charge is 0.460 e. The maximum Gasteiger partial charge on any atom is 0.460 e. The van der Waals surface area contributed by atoms with Crippen molar-refractivity contribution < 1.29 is 129 Å². The van der Waals surface area contributed by atoms with Crippen molar-refractivity contribution in [2.45, 2.75) is 84.2 Å². The number of carbonyl (C=O) groups is 2. The second-order valence-corrected chi connectivity index (χ2v) is 12.7. The first-order valence-corrected chi connectivity index (χ1v) is 14.5. The van der Waals surface area contributed by atoms with Crippen LogP contribution in [-0.4, -0.2) is 133 Å². The Hall–Kier alpha value is -2.50. The average Bonchev–Trinajstić information content (AvgIpc) is 2.95. The van der Waals surface area contributed by atoms with Gasteiger partial charge in [0.25, 0.3) is 0 Å². The van der Waals surface area contributed by atoms with E-state index in [2.05, 4.69) is 0 Å². The summed E-state index contributed by atoms with van der Waals surface area (Å²) in [4.78, 5) is 22.3. The van der Waals surface area contributed by atoms with Crippen LogP contribution < -0.4 is 10.4 Å². The van der Waals surface area contributed by atoms with Crippen LogP contribution in [0.15, 0.2) is 0 Å². The molecule has 0 saturated carbocycles. The summed E-state index contributed by atoms with van der Waals surface area (Å²) in [7, 11) is 2.79. The first-order chi connectivity index (χ1) is 23.3. The molecule has 1 amide bonds. The first-order valence-electron chi connectivity index (χ1n) is 13.4. The zero-order valence-corrected chi connectivity index (χ0v) is 26.8. The third kappa shape index (κ3) is 8.43. The molecule has 31 heteroatoms. The molecular weight excluding hydrogens is 859 g/mol. The van der Waals surface area contributed by atoms with Crippen molar-refractivity contribution in [2.24, 2.45) is 0 Å². The number of aliphatic carboxylic acids is 1. The van der Waals surface area contributed by atoms with Crippen molar-refractivity contribution in [1.82, 2.24) is 5.32 Å². The number of alkyl halides is 25. The molecule has 0 bridgehead atoms. The van der Waals surface area contributed by atoms with Crippen LogP contribution in [0.4, 0.5) is 110 Å². The van der Waals surface area contributed by atoms with Gasteiger partial charge in [0, 0.05) is 19.4 Å². The van der Waals surface area contributed by atoms with Gasteiger partial charge in [0.2, 0.25) is 5.91 Å². The molecule has 1 N–H and O–H groups in total. The van der Waals surface area contributed by atoms with E-state index in [1.165, 1.54) is 14.1 Å². The maximum absolute atomic E-state index is 14.0. The molecule has 0 aromatic heterocycles. The molecule has 0 aromatic rings. The fourth-order valence-electron chi connectivity index (χ4n) is 3.72. The van der Waals surface area contributed by atoms with E-state index in [-0.39, 0.29) is 35.8 Å². The minimum atomic E-state index is -9.64. The lowest BCUT2D eigenvalue weighted by Crippen LogP contribution is -2.78. The Balaban J connectivity index is 6.32. The van der Waals surface area contributed by atoms with Crippen molar-refractivity contribution in [3.63, 3.8) is 0 Å². The van der Waals surface area contributed by atoms with E-state index in [1.807, 2.05) is 5.32 Å². The third-order valence-electron chi connectivity index (χ3n) is 6.98. The molecule has 5 nitrogen and oxygen atoms in total. The summed E-state index contributed by atoms with van der Waals surface area (Å²) in [6.45, 7) is -0.738. The fraction of sp³-hybridized carbons (Fsp3) is 0.913. The largest absolute Gasteiger partial charge is 0.544 e. The van der Waals surface area contributed by atoms with Gasteiger partial charge in [-0.2, -0.15) is 122 Å². The van der Waals surface area contributed by atoms with E-state index in [0.29, 0.717) is 0 Å². The number of nitrogens with zero attached hydrogens (tertiary/aromatic N) is 1. The highest BCUT2D eigenvalue weighted by Crippen LogP contribution is 2.67. The Labute approximate surface area is 288 Å². The van der Waals surface area contributed by atoms with Gasteiger partial charge in [-0.15, -0.1) is 0 Å². The molecule has 0 saturated heterocycles. The summed E-state index contributed by atoms with van der Waals surface area (Å²) < 4.78 is 338. The van der Waals surface area contributed by atoms with Gasteiger partial charge in [0.1, 0.15) is 6.54 Å². The topological polar surface area (TPSA) is 69.2 Å². The van der Waals surface area contributed by atoms with Gasteiger partial charge in [0.05, 0.1) is 32.4 Å². The van der Waals surface area contributed by atoms with Gasteiger partial charge >= 0.3 is 71.3 Å². The molecule has 0 heterocycles. The molecule has 322 valence electrons. The quantitative estimate of drug-likeness (QED) is 0.0768. The van der Waals surface area contributed by atoms with Gasteiger partial charge in [-0.3, -0.25) is 4.79 Å². The number of carbonyl (C=O) groups excluding carboxylic acids is 2. The van der Waals surface area contributed by atoms with E-state index < -0.39 is 108 Å². The minimum Gasteiger partial charge on any atom is -0.544 e. The van der Waals surface area contributed by atoms with Crippen molar-refractivity contribution in [3.05, 3.63) is 0 Å². The summed E-state index contributed by atoms with van der Waals surface area (Å²) in [6, 6.07) is 0. The summed E-state index contributed by atoms with van der Waals surface area (Å²) in [5, 5.41) is 12.6. The van der Waals surface area contributed by atoms with E-state index in [0.717, 1.165) is 0 Å². The lowest BCUT2D eigenvalue weighted by molar-refractivity contribution is -0.884. The number of quaternary nitrogens is 1. The van der Waals surface area contributed by atoms with Gasteiger partial charge < -0.3 is 19.7 Å². The molecule has 0 aliphatic heterocycles. The highest BCUT2D eigenvalue weighted by molar-refractivity contribution is 7.99. The highest BCUT2D eigenvalue weighted by atomic mass is 32.2. The van der Waals surface area contributed by atoms with E-state index in [1.54, 1.807) is 0 Å². The average molecular weight is 880 g/mol. The molecule has 54 heavy (non-hydrogen) atoms. The van der Waals surface area contributed by atoms with Crippen LogP contribution >= 0.6 is 11.8 Å². The van der Waals surface area contributed by atoms with E-state index in [4.69, 9.17) is 0 Å². The van der Waals surface area contributed by atoms with Crippen molar-refractivity contribution in [2.75, 3.05) is 45.2 Å². The van der Waals surface area contributed by atoms with Crippen LogP contribution in [0.25, 0.3) is 0 Å². The Morgan fingerprint density at radius 1 is 0.537 bits per heavy atom. The second kappa shape index (κ2) is 15.1. The van der Waals surface area contributed by atoms with Gasteiger partial charge in [-0.25, -0.2) is 0 Å². The number of nitrogens with one attached hydrogen (secondary N) is 1. The normalized spacial score (nSPS) is 15.8. The third-order valence-corrected chi connectivity index (χ3v) is 7.94. The molecule has 0 aliphatic carbocycles. The van der Waals surface area contributed by atoms with E-state index in [9.17, 15) is 124 Å². The number of hydrogen-bond donors (Lipinski definition) is 1. The Morgan fingerprint density at radius 2 is 0.852 bits per heavy atom. The number of hydrogen-bond acceptors (Lipinski definition) is 4. The predicted molar refractivity (Wildman–Crippen MR) is 127 cm³/mol. The van der Waals surface area contributed by atoms with Crippen molar-refractivity contribution in [1.29, 1.82) is 0 Å². The maximum atomic E-state index is 14.0. The number of halogens is 25. The number of rotatable bonds is 21. The summed E-state index contributed by atoms with van der Waals surface area (Å²) in [5.74, 6) is -104. The van der Waals surface area contributed by atoms with Gasteiger partial charge in [-0.05, 0) is 5.75 Å². The van der Waals surface area contributed by atoms with E-state index >= 15 is 0 Å². The zero-order valence-electron chi connectivity index (χ0n) is 26.0. The molecule has 0 radical (unpaired) electrons. The molecule has 0 rings (SSSR count). The Morgan fingerprint density at radius 3 is 1.17 bits per heavy atom. The number of thioether (sulfide) groups is 1. The number of likely N-dealkylation sites (N-methyl/N-ethyl adjacent to an activating group) is 1. The number of carboxylic acids is 1. The lowest BCUT2D eigenvalue weighted by Gasteiger charge is -2.45. The Bertz CT molecular complexity index is 1330. The summed E-state index contributed by atoms with van der Waals surface area (Å²) in [6.07, 6.45) is -11.1. The first kappa shape index (κ1) is 51.5. The fourth-order valence-corrected chi connectivity index (χ4v) is 4.55. The molecule has 0 aliphatic rings. The molecule has 0 fully saturated rings. The van der Waals surface area contributed by atoms with Crippen LogP contribution in [0.2, 0.25) is 0 Å². The number of amides is 1. The summed E-state index contributed by atoms with van der Waals surface area (Å²) in [5.41, 5.74) is 0. The molecular formula is C23H21F25N2O3S. The lowest BCUT2D eigenvalue weighted by atomic mass is 9.84. The second-order valence-electron chi connectivity index (χ2n) is 11.6. The molecule has 0 atom stereocenters. The van der Waals surface area contributed by atoms with Crippen molar-refractivity contribution >= 4 is 23.6 Å². The minimum absolute atomic E-state index is 0.0143. The van der Waals surface area contributed by atoms with Crippen LogP contribution in [0.5, 0.6) is 0 Å². The zero-order chi connectivity index (χ0) is 44.0. The predicted octanol–water partition coefficient (Wildman–Crippen LogP) is 6.99. The highest BCUT2D eigenvalue weighted by Gasteiger charge is 2.99. The van der Waals surface area contributed by atoms with Crippen LogP contribution in [0, 0.1) is 0 Å². The summed E-state index contributed by atoms with van der Waals surface area (Å²) >= 11 is -0.237. The standard InChI is InChI=1S/C23H21F25N2O3S/c1-50(2,8-11(52)53)6-3-5-49-10(51)9-54-7-4-12(24,25)13(26,27)14(28,29)15(30,31)16(32,33)17(34,35)18(36,37)19(38,39)20(40,41)21(42,43)22(44,45)23(46,47)48/h3-9H2,1-2H3,(H-,49,51,52,53). The number of carboxylic acid groups (broad SMARTS) is 1. The monoisotopic (exact) mass is 880 g/mol.